The molecule has 0 unspecified atom stereocenters. The number of piperidine rings is 1. The molecule has 0 radical (unpaired) electrons. The Bertz CT molecular complexity index is 750. The number of carbonyl (C=O) groups is 2. The fourth-order valence-electron chi connectivity index (χ4n) is 4.10. The molecular formula is C20H27N3O4. The Morgan fingerprint density at radius 3 is 2.63 bits per heavy atom. The summed E-state index contributed by atoms with van der Waals surface area (Å²) >= 11 is 0. The van der Waals surface area contributed by atoms with E-state index in [1.165, 1.54) is 4.90 Å². The van der Waals surface area contributed by atoms with Crippen LogP contribution in [0.5, 0.6) is 11.5 Å². The highest BCUT2D eigenvalue weighted by Gasteiger charge is 2.52. The number of amides is 3. The van der Waals surface area contributed by atoms with Gasteiger partial charge in [0.05, 0.1) is 6.04 Å². The lowest BCUT2D eigenvalue weighted by Crippen LogP contribution is -2.53. The molecule has 2 saturated heterocycles. The number of nitrogens with zero attached hydrogens (tertiary/aromatic N) is 3. The van der Waals surface area contributed by atoms with E-state index in [9.17, 15) is 9.59 Å². The number of likely N-dealkylation sites (tertiary alicyclic amines) is 1. The molecule has 0 N–H and O–H groups in total. The molecule has 0 saturated carbocycles. The number of likely N-dealkylation sites (N-methyl/N-ethyl adjacent to an activating group) is 1. The summed E-state index contributed by atoms with van der Waals surface area (Å²) in [6.07, 6.45) is 1.75. The molecule has 1 aromatic carbocycles. The minimum atomic E-state index is -0.774. The number of para-hydroxylation sites is 2. The summed E-state index contributed by atoms with van der Waals surface area (Å²) in [5, 5.41) is 0. The van der Waals surface area contributed by atoms with E-state index in [0.29, 0.717) is 13.2 Å². The normalized spacial score (nSPS) is 28.0. The molecule has 1 aromatic rings. The number of ether oxygens (including phenoxy) is 2. The van der Waals surface area contributed by atoms with Gasteiger partial charge in [0.25, 0.3) is 5.91 Å². The zero-order chi connectivity index (χ0) is 19.2. The average molecular weight is 373 g/mol. The van der Waals surface area contributed by atoms with Gasteiger partial charge in [0.2, 0.25) is 0 Å². The summed E-state index contributed by atoms with van der Waals surface area (Å²) < 4.78 is 11.9. The van der Waals surface area contributed by atoms with Crippen LogP contribution in [0.1, 0.15) is 26.7 Å². The monoisotopic (exact) mass is 373 g/mol. The van der Waals surface area contributed by atoms with Crippen molar-refractivity contribution in [1.82, 2.24) is 14.7 Å². The number of fused-ring (bicyclic) bond motifs is 1. The number of imide groups is 1. The molecule has 3 heterocycles. The summed E-state index contributed by atoms with van der Waals surface area (Å²) in [6.45, 7) is 6.46. The first kappa shape index (κ1) is 18.1. The van der Waals surface area contributed by atoms with Crippen LogP contribution in [0.2, 0.25) is 0 Å². The fraction of sp³-hybridized carbons (Fsp3) is 0.600. The highest BCUT2D eigenvalue weighted by Crippen LogP contribution is 2.32. The third-order valence-electron chi connectivity index (χ3n) is 5.95. The van der Waals surface area contributed by atoms with E-state index in [0.717, 1.165) is 37.4 Å². The number of rotatable bonds is 3. The maximum Gasteiger partial charge on any atom is 0.327 e. The Morgan fingerprint density at radius 1 is 1.19 bits per heavy atom. The van der Waals surface area contributed by atoms with Gasteiger partial charge in [-0.15, -0.1) is 0 Å². The molecule has 2 atom stereocenters. The van der Waals surface area contributed by atoms with Crippen LogP contribution in [-0.2, 0) is 4.79 Å². The number of urea groups is 1. The molecule has 0 aliphatic carbocycles. The standard InChI is InChI=1S/C20H27N3O4/c1-20(2)18(24)23(19(25)21(20)3)14-7-6-10-22(11-14)12-15-13-26-16-8-4-5-9-17(16)27-15/h4-5,8-9,14-15H,6-7,10-13H2,1-3H3/t14-,15-/m0/s1. The van der Waals surface area contributed by atoms with E-state index in [4.69, 9.17) is 9.47 Å². The van der Waals surface area contributed by atoms with E-state index in [1.807, 2.05) is 24.3 Å². The molecule has 7 nitrogen and oxygen atoms in total. The fourth-order valence-corrected chi connectivity index (χ4v) is 4.10. The molecule has 146 valence electrons. The predicted molar refractivity (Wildman–Crippen MR) is 99.9 cm³/mol. The highest BCUT2D eigenvalue weighted by atomic mass is 16.6. The molecule has 3 aliphatic rings. The number of benzene rings is 1. The molecule has 27 heavy (non-hydrogen) atoms. The summed E-state index contributed by atoms with van der Waals surface area (Å²) in [5.74, 6) is 1.45. The van der Waals surface area contributed by atoms with Gasteiger partial charge >= 0.3 is 6.03 Å². The third-order valence-corrected chi connectivity index (χ3v) is 5.95. The first-order valence-electron chi connectivity index (χ1n) is 9.60. The maximum absolute atomic E-state index is 12.8. The van der Waals surface area contributed by atoms with Crippen LogP contribution in [-0.4, -0.2) is 77.6 Å². The first-order chi connectivity index (χ1) is 12.9. The van der Waals surface area contributed by atoms with Crippen LogP contribution in [0.15, 0.2) is 24.3 Å². The minimum Gasteiger partial charge on any atom is -0.486 e. The van der Waals surface area contributed by atoms with Gasteiger partial charge in [-0.05, 0) is 45.4 Å². The second-order valence-electron chi connectivity index (χ2n) is 8.13. The Morgan fingerprint density at radius 2 is 1.93 bits per heavy atom. The molecule has 3 aliphatic heterocycles. The average Bonchev–Trinajstić information content (AvgIpc) is 2.81. The Labute approximate surface area is 159 Å². The van der Waals surface area contributed by atoms with E-state index in [-0.39, 0.29) is 24.1 Å². The van der Waals surface area contributed by atoms with Crippen LogP contribution < -0.4 is 9.47 Å². The maximum atomic E-state index is 12.8. The quantitative estimate of drug-likeness (QED) is 0.758. The SMILES string of the molecule is CN1C(=O)N([C@H]2CCCN(C[C@H]3COc4ccccc4O3)C2)C(=O)C1(C)C. The van der Waals surface area contributed by atoms with Gasteiger partial charge < -0.3 is 14.4 Å². The predicted octanol–water partition coefficient (Wildman–Crippen LogP) is 1.96. The molecule has 4 rings (SSSR count). The lowest BCUT2D eigenvalue weighted by atomic mass is 10.0. The topological polar surface area (TPSA) is 62.3 Å². The van der Waals surface area contributed by atoms with Crippen molar-refractivity contribution in [3.8, 4) is 11.5 Å². The molecule has 3 amide bonds. The summed E-state index contributed by atoms with van der Waals surface area (Å²) in [5.41, 5.74) is -0.774. The van der Waals surface area contributed by atoms with Crippen LogP contribution >= 0.6 is 0 Å². The molecular weight excluding hydrogens is 346 g/mol. The Hall–Kier alpha value is -2.28. The van der Waals surface area contributed by atoms with Crippen molar-refractivity contribution in [2.75, 3.05) is 33.3 Å². The van der Waals surface area contributed by atoms with Crippen LogP contribution in [0.3, 0.4) is 0 Å². The molecule has 2 fully saturated rings. The number of hydrogen-bond donors (Lipinski definition) is 0. The van der Waals surface area contributed by atoms with Crippen LogP contribution in [0.25, 0.3) is 0 Å². The van der Waals surface area contributed by atoms with Crippen LogP contribution in [0.4, 0.5) is 4.79 Å². The second kappa shape index (κ2) is 6.71. The van der Waals surface area contributed by atoms with Crippen molar-refractivity contribution < 1.29 is 19.1 Å². The molecule has 0 bridgehead atoms. The number of hydrogen-bond acceptors (Lipinski definition) is 5. The third kappa shape index (κ3) is 3.14. The van der Waals surface area contributed by atoms with Gasteiger partial charge in [0.1, 0.15) is 18.2 Å². The van der Waals surface area contributed by atoms with Crippen molar-refractivity contribution in [1.29, 1.82) is 0 Å². The molecule has 0 spiro atoms. The van der Waals surface area contributed by atoms with E-state index in [2.05, 4.69) is 4.90 Å². The number of carbonyl (C=O) groups excluding carboxylic acids is 2. The van der Waals surface area contributed by atoms with Gasteiger partial charge in [-0.25, -0.2) is 4.79 Å². The zero-order valence-corrected chi connectivity index (χ0v) is 16.2. The second-order valence-corrected chi connectivity index (χ2v) is 8.13. The summed E-state index contributed by atoms with van der Waals surface area (Å²) in [7, 11) is 1.70. The van der Waals surface area contributed by atoms with E-state index in [1.54, 1.807) is 25.8 Å². The van der Waals surface area contributed by atoms with Gasteiger partial charge in [0, 0.05) is 20.1 Å². The van der Waals surface area contributed by atoms with Gasteiger partial charge in [0.15, 0.2) is 11.5 Å². The van der Waals surface area contributed by atoms with Crippen molar-refractivity contribution in [3.05, 3.63) is 24.3 Å². The Balaban J connectivity index is 1.41. The van der Waals surface area contributed by atoms with Gasteiger partial charge in [-0.2, -0.15) is 0 Å². The van der Waals surface area contributed by atoms with Crippen molar-refractivity contribution in [2.24, 2.45) is 0 Å². The first-order valence-corrected chi connectivity index (χ1v) is 9.60. The smallest absolute Gasteiger partial charge is 0.327 e. The van der Waals surface area contributed by atoms with E-state index >= 15 is 0 Å². The Kier molecular flexibility index (Phi) is 4.50. The van der Waals surface area contributed by atoms with E-state index < -0.39 is 5.54 Å². The largest absolute Gasteiger partial charge is 0.486 e. The lowest BCUT2D eigenvalue weighted by Gasteiger charge is -2.38. The summed E-state index contributed by atoms with van der Waals surface area (Å²) in [4.78, 5) is 30.7. The van der Waals surface area contributed by atoms with Gasteiger partial charge in [-0.3, -0.25) is 14.6 Å². The minimum absolute atomic E-state index is 0.0530. The molecule has 0 aromatic heterocycles. The van der Waals surface area contributed by atoms with Gasteiger partial charge in [-0.1, -0.05) is 12.1 Å². The highest BCUT2D eigenvalue weighted by molar-refractivity contribution is 6.06. The zero-order valence-electron chi connectivity index (χ0n) is 16.2. The summed E-state index contributed by atoms with van der Waals surface area (Å²) in [6, 6.07) is 7.42. The van der Waals surface area contributed by atoms with Crippen molar-refractivity contribution in [2.45, 2.75) is 44.4 Å². The van der Waals surface area contributed by atoms with Crippen molar-refractivity contribution >= 4 is 11.9 Å². The van der Waals surface area contributed by atoms with Crippen LogP contribution in [0, 0.1) is 0 Å². The van der Waals surface area contributed by atoms with Crippen molar-refractivity contribution in [3.63, 3.8) is 0 Å². The lowest BCUT2D eigenvalue weighted by molar-refractivity contribution is -0.133. The molecule has 7 heteroatoms.